The fourth-order valence-corrected chi connectivity index (χ4v) is 4.62. The third kappa shape index (κ3) is 4.77. The van der Waals surface area contributed by atoms with Gasteiger partial charge in [-0.2, -0.15) is 4.99 Å². The summed E-state index contributed by atoms with van der Waals surface area (Å²) in [5.41, 5.74) is 1.57. The monoisotopic (exact) mass is 452 g/mol. The minimum atomic E-state index is -0.352. The van der Waals surface area contributed by atoms with E-state index in [9.17, 15) is 14.9 Å². The lowest BCUT2D eigenvalue weighted by atomic mass is 10.2. The number of thioether (sulfide) groups is 1. The van der Waals surface area contributed by atoms with Crippen molar-refractivity contribution in [2.75, 3.05) is 31.1 Å². The van der Waals surface area contributed by atoms with E-state index >= 15 is 0 Å². The first-order chi connectivity index (χ1) is 15.4. The molecule has 2 aliphatic heterocycles. The minimum Gasteiger partial charge on any atom is -0.490 e. The van der Waals surface area contributed by atoms with Gasteiger partial charge in [-0.05, 0) is 43.8 Å². The summed E-state index contributed by atoms with van der Waals surface area (Å²) in [5, 5.41) is 12.0. The molecular weight excluding hydrogens is 428 g/mol. The van der Waals surface area contributed by atoms with Gasteiger partial charge in [0.2, 0.25) is 0 Å². The molecule has 4 rings (SSSR count). The van der Waals surface area contributed by atoms with Crippen LogP contribution in [0.25, 0.3) is 6.08 Å². The van der Waals surface area contributed by atoms with Crippen LogP contribution in [0.1, 0.15) is 19.4 Å². The Kier molecular flexibility index (Phi) is 6.45. The molecule has 2 heterocycles. The number of para-hydroxylation sites is 3. The van der Waals surface area contributed by atoms with E-state index in [1.807, 2.05) is 55.2 Å². The van der Waals surface area contributed by atoms with Crippen molar-refractivity contribution >= 4 is 40.3 Å². The lowest BCUT2D eigenvalue weighted by Gasteiger charge is -2.36. The summed E-state index contributed by atoms with van der Waals surface area (Å²) >= 11 is 1.36. The maximum absolute atomic E-state index is 12.5. The fraction of sp³-hybridized carbons (Fsp3) is 0.304. The molecule has 9 heteroatoms. The number of hydrogen-bond acceptors (Lipinski definition) is 7. The lowest BCUT2D eigenvalue weighted by Crippen LogP contribution is -2.48. The van der Waals surface area contributed by atoms with Crippen LogP contribution in [0.3, 0.4) is 0 Å². The summed E-state index contributed by atoms with van der Waals surface area (Å²) < 4.78 is 5.85. The molecule has 0 radical (unpaired) electrons. The van der Waals surface area contributed by atoms with E-state index in [1.54, 1.807) is 12.1 Å². The average molecular weight is 453 g/mol. The Bertz CT molecular complexity index is 1090. The van der Waals surface area contributed by atoms with Crippen molar-refractivity contribution in [2.24, 2.45) is 4.99 Å². The highest BCUT2D eigenvalue weighted by atomic mass is 32.2. The zero-order valence-electron chi connectivity index (χ0n) is 17.9. The van der Waals surface area contributed by atoms with Crippen LogP contribution in [0, 0.1) is 10.1 Å². The van der Waals surface area contributed by atoms with Gasteiger partial charge in [-0.1, -0.05) is 30.3 Å². The first-order valence-electron chi connectivity index (χ1n) is 10.4. The molecule has 0 aliphatic carbocycles. The predicted octanol–water partition coefficient (Wildman–Crippen LogP) is 4.17. The highest BCUT2D eigenvalue weighted by Gasteiger charge is 2.30. The van der Waals surface area contributed by atoms with E-state index < -0.39 is 0 Å². The van der Waals surface area contributed by atoms with Crippen LogP contribution < -0.4 is 9.64 Å². The Labute approximate surface area is 190 Å². The number of nitrogens with zero attached hydrogens (tertiary/aromatic N) is 4. The molecule has 1 fully saturated rings. The summed E-state index contributed by atoms with van der Waals surface area (Å²) in [6.07, 6.45) is 1.86. The van der Waals surface area contributed by atoms with E-state index in [0.717, 1.165) is 11.3 Å². The summed E-state index contributed by atoms with van der Waals surface area (Å²) in [4.78, 5) is 32.4. The van der Waals surface area contributed by atoms with E-state index in [4.69, 9.17) is 4.74 Å². The lowest BCUT2D eigenvalue weighted by molar-refractivity contribution is -0.384. The molecule has 2 aliphatic rings. The quantitative estimate of drug-likeness (QED) is 0.382. The highest BCUT2D eigenvalue weighted by Crippen LogP contribution is 2.34. The Morgan fingerprint density at radius 1 is 1.06 bits per heavy atom. The molecule has 8 nitrogen and oxygen atoms in total. The van der Waals surface area contributed by atoms with Gasteiger partial charge in [0.05, 0.1) is 15.9 Å². The molecule has 32 heavy (non-hydrogen) atoms. The average Bonchev–Trinajstić information content (AvgIpc) is 3.15. The number of benzene rings is 2. The molecule has 0 spiro atoms. The highest BCUT2D eigenvalue weighted by molar-refractivity contribution is 8.18. The first kappa shape index (κ1) is 21.9. The van der Waals surface area contributed by atoms with Crippen molar-refractivity contribution in [3.8, 4) is 5.75 Å². The van der Waals surface area contributed by atoms with Crippen molar-refractivity contribution < 1.29 is 14.5 Å². The number of amides is 1. The normalized spacial score (nSPS) is 17.8. The van der Waals surface area contributed by atoms with Gasteiger partial charge in [0.25, 0.3) is 11.6 Å². The van der Waals surface area contributed by atoms with Crippen molar-refractivity contribution in [2.45, 2.75) is 20.0 Å². The number of carbonyl (C=O) groups is 1. The summed E-state index contributed by atoms with van der Waals surface area (Å²) in [7, 11) is 0. The molecule has 1 amide bonds. The van der Waals surface area contributed by atoms with E-state index in [0.29, 0.717) is 41.9 Å². The smallest absolute Gasteiger partial charge is 0.292 e. The number of ether oxygens (including phenoxy) is 1. The first-order valence-corrected chi connectivity index (χ1v) is 11.3. The number of nitro benzene ring substituents is 1. The molecule has 0 saturated carbocycles. The molecule has 0 aromatic heterocycles. The molecule has 0 N–H and O–H groups in total. The number of nitro groups is 1. The molecule has 166 valence electrons. The largest absolute Gasteiger partial charge is 0.490 e. The van der Waals surface area contributed by atoms with Crippen LogP contribution in [0.2, 0.25) is 0 Å². The second-order valence-corrected chi connectivity index (χ2v) is 8.74. The van der Waals surface area contributed by atoms with Crippen LogP contribution in [0.4, 0.5) is 11.4 Å². The molecule has 1 saturated heterocycles. The Balaban J connectivity index is 1.44. The van der Waals surface area contributed by atoms with Crippen molar-refractivity contribution in [3.63, 3.8) is 0 Å². The Hall–Kier alpha value is -3.33. The third-order valence-corrected chi connectivity index (χ3v) is 6.19. The summed E-state index contributed by atoms with van der Waals surface area (Å²) in [5.74, 6) is 0.473. The van der Waals surface area contributed by atoms with Crippen LogP contribution in [0.5, 0.6) is 5.75 Å². The summed E-state index contributed by atoms with van der Waals surface area (Å²) in [6.45, 7) is 6.41. The minimum absolute atomic E-state index is 0.0324. The van der Waals surface area contributed by atoms with Crippen LogP contribution >= 0.6 is 11.8 Å². The zero-order valence-corrected chi connectivity index (χ0v) is 18.7. The maximum atomic E-state index is 12.5. The van der Waals surface area contributed by atoms with Gasteiger partial charge in [-0.3, -0.25) is 14.9 Å². The van der Waals surface area contributed by atoms with E-state index in [2.05, 4.69) is 9.89 Å². The Morgan fingerprint density at radius 2 is 1.72 bits per heavy atom. The van der Waals surface area contributed by atoms with Crippen LogP contribution in [-0.2, 0) is 4.79 Å². The number of carbonyl (C=O) groups excluding carboxylic acids is 1. The predicted molar refractivity (Wildman–Crippen MR) is 127 cm³/mol. The van der Waals surface area contributed by atoms with Gasteiger partial charge in [0, 0.05) is 37.8 Å². The zero-order chi connectivity index (χ0) is 22.7. The molecular formula is C23H24N4O4S. The fourth-order valence-electron chi connectivity index (χ4n) is 3.66. The molecule has 2 aromatic rings. The van der Waals surface area contributed by atoms with E-state index in [1.165, 1.54) is 17.8 Å². The van der Waals surface area contributed by atoms with Gasteiger partial charge >= 0.3 is 0 Å². The molecule has 0 unspecified atom stereocenters. The van der Waals surface area contributed by atoms with Gasteiger partial charge in [-0.25, -0.2) is 0 Å². The second-order valence-electron chi connectivity index (χ2n) is 7.73. The molecule has 0 bridgehead atoms. The standard InChI is InChI=1S/C23H24N4O4S/c1-16(2)31-20-10-6-3-7-17(20)15-21-22(28)24-23(32-21)26-13-11-25(12-14-26)18-8-4-5-9-19(18)27(29)30/h3-10,15-16H,11-14H2,1-2H3. The van der Waals surface area contributed by atoms with Gasteiger partial charge in [-0.15, -0.1) is 0 Å². The second kappa shape index (κ2) is 9.44. The molecule has 0 atom stereocenters. The number of amidine groups is 1. The maximum Gasteiger partial charge on any atom is 0.292 e. The van der Waals surface area contributed by atoms with Crippen molar-refractivity contribution in [3.05, 3.63) is 69.1 Å². The number of piperazine rings is 1. The number of aliphatic imine (C=N–C) groups is 1. The van der Waals surface area contributed by atoms with Crippen molar-refractivity contribution in [1.82, 2.24) is 4.90 Å². The number of hydrogen-bond donors (Lipinski definition) is 0. The summed E-state index contributed by atoms with van der Waals surface area (Å²) in [6, 6.07) is 14.4. The molecule has 2 aromatic carbocycles. The van der Waals surface area contributed by atoms with Crippen LogP contribution in [0.15, 0.2) is 58.4 Å². The SMILES string of the molecule is CC(C)Oc1ccccc1C=C1SC(N2CCN(c3ccccc3[N+](=O)[O-])CC2)=NC1=O. The number of rotatable bonds is 5. The van der Waals surface area contributed by atoms with Gasteiger partial charge in [0.1, 0.15) is 11.4 Å². The van der Waals surface area contributed by atoms with Crippen molar-refractivity contribution in [1.29, 1.82) is 0 Å². The van der Waals surface area contributed by atoms with Crippen LogP contribution in [-0.4, -0.2) is 53.2 Å². The topological polar surface area (TPSA) is 88.3 Å². The van der Waals surface area contributed by atoms with Gasteiger partial charge in [0.15, 0.2) is 5.17 Å². The Morgan fingerprint density at radius 3 is 2.44 bits per heavy atom. The van der Waals surface area contributed by atoms with Gasteiger partial charge < -0.3 is 14.5 Å². The third-order valence-electron chi connectivity index (χ3n) is 5.15. The number of anilines is 1. The van der Waals surface area contributed by atoms with E-state index in [-0.39, 0.29) is 22.6 Å².